The number of hydrogen-bond donors (Lipinski definition) is 3. The number of rotatable bonds is 10. The highest BCUT2D eigenvalue weighted by Gasteiger charge is 2.17. The van der Waals surface area contributed by atoms with Crippen LogP contribution in [0.3, 0.4) is 0 Å². The van der Waals surface area contributed by atoms with Crippen LogP contribution in [-0.4, -0.2) is 52.2 Å². The van der Waals surface area contributed by atoms with Crippen LogP contribution >= 0.6 is 0 Å². The summed E-state index contributed by atoms with van der Waals surface area (Å²) in [6, 6.07) is 21.3. The van der Waals surface area contributed by atoms with Gasteiger partial charge in [0, 0.05) is 48.8 Å². The molecule has 0 aliphatic carbocycles. The molecule has 4 rings (SSSR count). The van der Waals surface area contributed by atoms with Crippen molar-refractivity contribution in [1.29, 1.82) is 0 Å². The van der Waals surface area contributed by atoms with E-state index in [-0.39, 0.29) is 29.3 Å². The Morgan fingerprint density at radius 2 is 1.69 bits per heavy atom. The van der Waals surface area contributed by atoms with Gasteiger partial charge in [-0.3, -0.25) is 9.59 Å². The van der Waals surface area contributed by atoms with Gasteiger partial charge in [0.15, 0.2) is 5.82 Å². The highest BCUT2D eigenvalue weighted by molar-refractivity contribution is 6.05. The molecule has 3 N–H and O–H groups in total. The Balaban J connectivity index is 1.53. The smallest absolute Gasteiger partial charge is 0.293 e. The molecule has 0 saturated carbocycles. The van der Waals surface area contributed by atoms with Crippen LogP contribution in [0.1, 0.15) is 47.8 Å². The summed E-state index contributed by atoms with van der Waals surface area (Å²) in [7, 11) is 3.68. The van der Waals surface area contributed by atoms with E-state index in [4.69, 9.17) is 5.11 Å². The summed E-state index contributed by atoms with van der Waals surface area (Å²) in [6.45, 7) is 10.00. The summed E-state index contributed by atoms with van der Waals surface area (Å²) >= 11 is 0. The molecule has 0 spiro atoms. The van der Waals surface area contributed by atoms with Gasteiger partial charge >= 0.3 is 0 Å². The van der Waals surface area contributed by atoms with E-state index in [1.54, 1.807) is 13.2 Å². The van der Waals surface area contributed by atoms with Crippen molar-refractivity contribution >= 4 is 23.1 Å². The van der Waals surface area contributed by atoms with E-state index in [0.717, 1.165) is 29.8 Å². The second-order valence-corrected chi connectivity index (χ2v) is 11.7. The van der Waals surface area contributed by atoms with E-state index in [2.05, 4.69) is 41.3 Å². The lowest BCUT2D eigenvalue weighted by Gasteiger charge is -2.19. The summed E-state index contributed by atoms with van der Waals surface area (Å²) in [6.07, 6.45) is 2.57. The topological polar surface area (TPSA) is 99.5 Å². The Hall–Kier alpha value is -4.27. The van der Waals surface area contributed by atoms with Crippen LogP contribution < -0.4 is 16.2 Å². The molecule has 0 aliphatic heterocycles. The van der Waals surface area contributed by atoms with Crippen molar-refractivity contribution in [2.75, 3.05) is 37.4 Å². The number of aliphatic hydroxyl groups excluding tert-OH is 1. The molecular formula is C34H41N5O3. The molecule has 0 radical (unpaired) electrons. The summed E-state index contributed by atoms with van der Waals surface area (Å²) in [5, 5.41) is 15.3. The van der Waals surface area contributed by atoms with Gasteiger partial charge in [0.25, 0.3) is 11.5 Å². The summed E-state index contributed by atoms with van der Waals surface area (Å²) in [4.78, 5) is 32.8. The highest BCUT2D eigenvalue weighted by Crippen LogP contribution is 2.29. The number of likely N-dealkylation sites (N-methyl/N-ethyl adjacent to an activating group) is 1. The third kappa shape index (κ3) is 7.51. The number of nitrogens with zero attached hydrogens (tertiary/aromatic N) is 3. The minimum absolute atomic E-state index is 0.0120. The van der Waals surface area contributed by atoms with Gasteiger partial charge in [-0.05, 0) is 72.8 Å². The number of amides is 1. The first kappa shape index (κ1) is 30.7. The van der Waals surface area contributed by atoms with Crippen molar-refractivity contribution < 1.29 is 9.90 Å². The van der Waals surface area contributed by atoms with Gasteiger partial charge in [-0.15, -0.1) is 0 Å². The lowest BCUT2D eigenvalue weighted by atomic mass is 9.86. The number of aromatic nitrogens is 2. The second kappa shape index (κ2) is 13.1. The fourth-order valence-corrected chi connectivity index (χ4v) is 4.68. The number of carbonyl (C=O) groups excluding carboxylic acids is 1. The zero-order chi connectivity index (χ0) is 30.4. The zero-order valence-corrected chi connectivity index (χ0v) is 25.4. The summed E-state index contributed by atoms with van der Waals surface area (Å²) in [5.74, 6) is 0.0354. The van der Waals surface area contributed by atoms with Crippen molar-refractivity contribution in [2.24, 2.45) is 7.05 Å². The minimum Gasteiger partial charge on any atom is -0.395 e. The maximum absolute atomic E-state index is 13.1. The number of hydrogen-bond acceptors (Lipinski definition) is 6. The van der Waals surface area contributed by atoms with Crippen molar-refractivity contribution in [3.8, 4) is 11.3 Å². The molecule has 8 heteroatoms. The Labute approximate surface area is 248 Å². The van der Waals surface area contributed by atoms with Gasteiger partial charge < -0.3 is 25.2 Å². The third-order valence-corrected chi connectivity index (χ3v) is 7.42. The molecule has 0 bridgehead atoms. The fourth-order valence-electron chi connectivity index (χ4n) is 4.68. The quantitative estimate of drug-likeness (QED) is 0.234. The van der Waals surface area contributed by atoms with Gasteiger partial charge in [-0.1, -0.05) is 57.2 Å². The molecule has 1 amide bonds. The van der Waals surface area contributed by atoms with E-state index in [9.17, 15) is 9.59 Å². The molecule has 0 unspecified atom stereocenters. The number of aryl methyl sites for hydroxylation is 1. The van der Waals surface area contributed by atoms with Crippen LogP contribution in [0.4, 0.5) is 17.2 Å². The second-order valence-electron chi connectivity index (χ2n) is 11.7. The maximum atomic E-state index is 13.1. The molecule has 0 atom stereocenters. The Kier molecular flexibility index (Phi) is 9.60. The average molecular weight is 568 g/mol. The van der Waals surface area contributed by atoms with Crippen LogP contribution in [0.15, 0.2) is 77.7 Å². The summed E-state index contributed by atoms with van der Waals surface area (Å²) in [5.41, 5.74) is 6.42. The van der Waals surface area contributed by atoms with Crippen molar-refractivity contribution in [3.05, 3.63) is 106 Å². The average Bonchev–Trinajstić information content (AvgIpc) is 2.96. The Morgan fingerprint density at radius 1 is 1.00 bits per heavy atom. The highest BCUT2D eigenvalue weighted by atomic mass is 16.3. The first-order valence-corrected chi connectivity index (χ1v) is 14.2. The number of carbonyl (C=O) groups is 1. The van der Waals surface area contributed by atoms with Crippen molar-refractivity contribution in [2.45, 2.75) is 39.5 Å². The normalized spacial score (nSPS) is 11.5. The zero-order valence-electron chi connectivity index (χ0n) is 25.4. The molecule has 220 valence electrons. The first-order chi connectivity index (χ1) is 20.0. The van der Waals surface area contributed by atoms with Gasteiger partial charge in [0.1, 0.15) is 0 Å². The van der Waals surface area contributed by atoms with Crippen LogP contribution in [0.2, 0.25) is 0 Å². The molecule has 4 aromatic rings. The number of nitrogens with one attached hydrogen (secondary N) is 2. The van der Waals surface area contributed by atoms with E-state index in [1.807, 2.05) is 80.7 Å². The van der Waals surface area contributed by atoms with Crippen molar-refractivity contribution in [3.63, 3.8) is 0 Å². The summed E-state index contributed by atoms with van der Waals surface area (Å²) < 4.78 is 1.51. The Bertz CT molecular complexity index is 1590. The van der Waals surface area contributed by atoms with Gasteiger partial charge in [0.2, 0.25) is 0 Å². The predicted octanol–water partition coefficient (Wildman–Crippen LogP) is 5.52. The fraction of sp³-hybridized carbons (Fsp3) is 0.324. The number of benzene rings is 3. The monoisotopic (exact) mass is 567 g/mol. The number of anilines is 3. The largest absolute Gasteiger partial charge is 0.395 e. The Morgan fingerprint density at radius 3 is 2.33 bits per heavy atom. The molecular weight excluding hydrogens is 526 g/mol. The van der Waals surface area contributed by atoms with Crippen LogP contribution in [0.25, 0.3) is 11.3 Å². The lowest BCUT2D eigenvalue weighted by molar-refractivity contribution is 0.102. The molecule has 3 aromatic carbocycles. The molecule has 42 heavy (non-hydrogen) atoms. The lowest BCUT2D eigenvalue weighted by Crippen LogP contribution is -2.24. The standard InChI is InChI=1S/C34H41N5O3/c1-23-28(8-7-9-29(23)37-32(41)25-12-14-26(15-13-25)34(2,3)4)30-22-39(6)33(42)31(36-30)35-27-16-10-24(11-17-27)18-19-38(5)20-21-40/h7-17,22,40H,18-21H2,1-6H3,(H,35,36)(H,37,41). The van der Waals surface area contributed by atoms with Crippen LogP contribution in [0.5, 0.6) is 0 Å². The molecule has 0 aliphatic rings. The van der Waals surface area contributed by atoms with Gasteiger partial charge in [-0.2, -0.15) is 0 Å². The predicted molar refractivity (Wildman–Crippen MR) is 171 cm³/mol. The molecule has 1 heterocycles. The van der Waals surface area contributed by atoms with Crippen LogP contribution in [-0.2, 0) is 18.9 Å². The van der Waals surface area contributed by atoms with E-state index in [0.29, 0.717) is 23.5 Å². The first-order valence-electron chi connectivity index (χ1n) is 14.2. The number of aliphatic hydroxyl groups is 1. The maximum Gasteiger partial charge on any atom is 0.293 e. The SMILES string of the molecule is Cc1c(NC(=O)c2ccc(C(C)(C)C)cc2)cccc1-c1cn(C)c(=O)c(Nc2ccc(CCN(C)CCO)cc2)n1. The minimum atomic E-state index is -0.241. The molecule has 0 fully saturated rings. The molecule has 8 nitrogen and oxygen atoms in total. The van der Waals surface area contributed by atoms with Gasteiger partial charge in [-0.25, -0.2) is 4.98 Å². The van der Waals surface area contributed by atoms with Crippen LogP contribution in [0, 0.1) is 6.92 Å². The molecule has 0 saturated heterocycles. The third-order valence-electron chi connectivity index (χ3n) is 7.42. The van der Waals surface area contributed by atoms with Gasteiger partial charge in [0.05, 0.1) is 12.3 Å². The van der Waals surface area contributed by atoms with Crippen molar-refractivity contribution in [1.82, 2.24) is 14.5 Å². The van der Waals surface area contributed by atoms with E-state index in [1.165, 1.54) is 15.7 Å². The van der Waals surface area contributed by atoms with E-state index >= 15 is 0 Å². The van der Waals surface area contributed by atoms with E-state index < -0.39 is 0 Å². The molecule has 1 aromatic heterocycles.